The predicted molar refractivity (Wildman–Crippen MR) is 91.6 cm³/mol. The largest absolute Gasteiger partial charge is 0.365 e. The first-order valence-corrected chi connectivity index (χ1v) is 8.50. The van der Waals surface area contributed by atoms with E-state index in [4.69, 9.17) is 9.47 Å². The minimum atomic E-state index is -0.0788. The molecule has 0 radical (unpaired) electrons. The Balaban J connectivity index is 1.80. The van der Waals surface area contributed by atoms with Crippen LogP contribution in [-0.4, -0.2) is 12.2 Å². The highest BCUT2D eigenvalue weighted by molar-refractivity contribution is 5.48. The van der Waals surface area contributed by atoms with Crippen molar-refractivity contribution in [3.63, 3.8) is 0 Å². The minimum Gasteiger partial charge on any atom is -0.365 e. The third-order valence-electron chi connectivity index (χ3n) is 5.30. The molecule has 4 unspecified atom stereocenters. The zero-order valence-electron chi connectivity index (χ0n) is 14.2. The summed E-state index contributed by atoms with van der Waals surface area (Å²) in [7, 11) is 0. The summed E-state index contributed by atoms with van der Waals surface area (Å²) < 4.78 is 11.5. The maximum Gasteiger partial charge on any atom is 0.109 e. The van der Waals surface area contributed by atoms with Crippen molar-refractivity contribution < 1.29 is 9.47 Å². The third kappa shape index (κ3) is 2.50. The molecule has 4 rings (SSSR count). The van der Waals surface area contributed by atoms with Crippen LogP contribution < -0.4 is 0 Å². The van der Waals surface area contributed by atoms with Crippen LogP contribution in [0.25, 0.3) is 0 Å². The van der Waals surface area contributed by atoms with Gasteiger partial charge in [-0.05, 0) is 36.1 Å². The van der Waals surface area contributed by atoms with E-state index in [0.29, 0.717) is 12.2 Å². The Morgan fingerprint density at radius 3 is 1.39 bits per heavy atom. The van der Waals surface area contributed by atoms with E-state index in [9.17, 15) is 0 Å². The van der Waals surface area contributed by atoms with Gasteiger partial charge in [0.2, 0.25) is 0 Å². The fourth-order valence-corrected chi connectivity index (χ4v) is 3.80. The summed E-state index contributed by atoms with van der Waals surface area (Å²) in [6.45, 7) is 8.90. The molecule has 0 aromatic heterocycles. The number of benzene rings is 2. The first-order valence-electron chi connectivity index (χ1n) is 8.50. The smallest absolute Gasteiger partial charge is 0.109 e. The zero-order chi connectivity index (χ0) is 16.2. The van der Waals surface area contributed by atoms with Gasteiger partial charge in [-0.15, -0.1) is 0 Å². The molecule has 2 heterocycles. The monoisotopic (exact) mass is 308 g/mol. The maximum atomic E-state index is 5.76. The van der Waals surface area contributed by atoms with Crippen LogP contribution in [0.4, 0.5) is 0 Å². The van der Waals surface area contributed by atoms with Crippen LogP contribution in [0.2, 0.25) is 0 Å². The van der Waals surface area contributed by atoms with Crippen molar-refractivity contribution in [1.29, 1.82) is 0 Å². The van der Waals surface area contributed by atoms with Crippen molar-refractivity contribution in [2.24, 2.45) is 0 Å². The first kappa shape index (κ1) is 14.9. The van der Waals surface area contributed by atoms with Crippen molar-refractivity contribution >= 4 is 0 Å². The van der Waals surface area contributed by atoms with Gasteiger partial charge in [0.1, 0.15) is 12.2 Å². The van der Waals surface area contributed by atoms with Gasteiger partial charge in [-0.2, -0.15) is 0 Å². The molecule has 23 heavy (non-hydrogen) atoms. The van der Waals surface area contributed by atoms with E-state index in [0.717, 1.165) is 0 Å². The summed E-state index contributed by atoms with van der Waals surface area (Å²) in [5.41, 5.74) is 5.28. The lowest BCUT2D eigenvalue weighted by Crippen LogP contribution is -2.23. The van der Waals surface area contributed by atoms with Crippen LogP contribution in [0.3, 0.4) is 0 Å². The normalized spacial score (nSPS) is 29.4. The molecule has 2 aliphatic heterocycles. The van der Waals surface area contributed by atoms with E-state index in [1.807, 2.05) is 0 Å². The standard InChI is InChI=1S/C21H24O2/c1-13-19(22-13)15-9-5-7-11-17(15)21(3,4)18-12-8-6-10-16(18)20-14(2)23-20/h5-14,19-20H,1-4H3. The molecule has 0 aliphatic carbocycles. The van der Waals surface area contributed by atoms with Crippen LogP contribution in [-0.2, 0) is 14.9 Å². The van der Waals surface area contributed by atoms with Gasteiger partial charge in [-0.1, -0.05) is 62.4 Å². The van der Waals surface area contributed by atoms with Crippen LogP contribution in [0.1, 0.15) is 62.2 Å². The molecule has 0 amide bonds. The summed E-state index contributed by atoms with van der Waals surface area (Å²) in [6, 6.07) is 17.4. The molecule has 2 fully saturated rings. The molecule has 2 heteroatoms. The lowest BCUT2D eigenvalue weighted by molar-refractivity contribution is 0.378. The molecule has 2 saturated heterocycles. The molecule has 0 bridgehead atoms. The van der Waals surface area contributed by atoms with E-state index in [1.54, 1.807) is 0 Å². The van der Waals surface area contributed by atoms with Crippen molar-refractivity contribution in [3.05, 3.63) is 70.8 Å². The molecule has 2 nitrogen and oxygen atoms in total. The molecule has 2 aromatic carbocycles. The summed E-state index contributed by atoms with van der Waals surface area (Å²) in [6.07, 6.45) is 1.14. The van der Waals surface area contributed by atoms with Crippen LogP contribution in [0, 0.1) is 0 Å². The number of hydrogen-bond acceptors (Lipinski definition) is 2. The Morgan fingerprint density at radius 1 is 0.696 bits per heavy atom. The average molecular weight is 308 g/mol. The minimum absolute atomic E-state index is 0.0788. The van der Waals surface area contributed by atoms with Gasteiger partial charge >= 0.3 is 0 Å². The van der Waals surface area contributed by atoms with Gasteiger partial charge in [0.15, 0.2) is 0 Å². The van der Waals surface area contributed by atoms with Gasteiger partial charge in [0.25, 0.3) is 0 Å². The highest BCUT2D eigenvalue weighted by Gasteiger charge is 2.43. The summed E-state index contributed by atoms with van der Waals surface area (Å²) in [4.78, 5) is 0. The summed E-state index contributed by atoms with van der Waals surface area (Å²) >= 11 is 0. The van der Waals surface area contributed by atoms with E-state index in [2.05, 4.69) is 76.2 Å². The number of epoxide rings is 2. The fraction of sp³-hybridized carbons (Fsp3) is 0.429. The zero-order valence-corrected chi connectivity index (χ0v) is 14.2. The Kier molecular flexibility index (Phi) is 3.36. The van der Waals surface area contributed by atoms with Crippen LogP contribution in [0.5, 0.6) is 0 Å². The SMILES string of the molecule is CC1OC1c1ccccc1C(C)(C)c1ccccc1C1OC1C. The summed E-state index contributed by atoms with van der Waals surface area (Å²) in [5.74, 6) is 0. The molecular formula is C21H24O2. The second-order valence-corrected chi connectivity index (χ2v) is 7.32. The molecular weight excluding hydrogens is 284 g/mol. The molecule has 0 N–H and O–H groups in total. The summed E-state index contributed by atoms with van der Waals surface area (Å²) in [5, 5.41) is 0. The Labute approximate surface area is 138 Å². The third-order valence-corrected chi connectivity index (χ3v) is 5.30. The predicted octanol–water partition coefficient (Wildman–Crippen LogP) is 4.93. The molecule has 0 saturated carbocycles. The van der Waals surface area contributed by atoms with Gasteiger partial charge in [0, 0.05) is 5.41 Å². The molecule has 2 aliphatic rings. The second-order valence-electron chi connectivity index (χ2n) is 7.32. The molecule has 120 valence electrons. The van der Waals surface area contributed by atoms with Gasteiger partial charge in [-0.25, -0.2) is 0 Å². The number of rotatable bonds is 4. The van der Waals surface area contributed by atoms with Crippen molar-refractivity contribution in [1.82, 2.24) is 0 Å². The van der Waals surface area contributed by atoms with Crippen molar-refractivity contribution in [2.45, 2.75) is 57.5 Å². The highest BCUT2D eigenvalue weighted by atomic mass is 16.6. The lowest BCUT2D eigenvalue weighted by atomic mass is 9.73. The quantitative estimate of drug-likeness (QED) is 0.748. The molecule has 2 aromatic rings. The fourth-order valence-electron chi connectivity index (χ4n) is 3.80. The van der Waals surface area contributed by atoms with Crippen molar-refractivity contribution in [2.75, 3.05) is 0 Å². The average Bonchev–Trinajstić information content (AvgIpc) is 3.46. The van der Waals surface area contributed by atoms with Crippen LogP contribution in [0.15, 0.2) is 48.5 Å². The Bertz CT molecular complexity index is 673. The van der Waals surface area contributed by atoms with E-state index in [-0.39, 0.29) is 17.6 Å². The van der Waals surface area contributed by atoms with E-state index in [1.165, 1.54) is 22.3 Å². The van der Waals surface area contributed by atoms with Crippen LogP contribution >= 0.6 is 0 Å². The second kappa shape index (κ2) is 5.19. The first-order chi connectivity index (χ1) is 11.0. The topological polar surface area (TPSA) is 25.1 Å². The Morgan fingerprint density at radius 2 is 1.04 bits per heavy atom. The van der Waals surface area contributed by atoms with Crippen molar-refractivity contribution in [3.8, 4) is 0 Å². The Hall–Kier alpha value is -1.64. The molecule has 4 atom stereocenters. The van der Waals surface area contributed by atoms with E-state index < -0.39 is 0 Å². The van der Waals surface area contributed by atoms with Gasteiger partial charge in [0.05, 0.1) is 12.2 Å². The lowest BCUT2D eigenvalue weighted by Gasteiger charge is -2.30. The number of ether oxygens (including phenoxy) is 2. The van der Waals surface area contributed by atoms with Gasteiger partial charge in [-0.3, -0.25) is 0 Å². The van der Waals surface area contributed by atoms with E-state index >= 15 is 0 Å². The molecule has 0 spiro atoms. The van der Waals surface area contributed by atoms with Gasteiger partial charge < -0.3 is 9.47 Å². The number of hydrogen-bond donors (Lipinski definition) is 0. The highest BCUT2D eigenvalue weighted by Crippen LogP contribution is 2.48. The maximum absolute atomic E-state index is 5.76.